The van der Waals surface area contributed by atoms with Gasteiger partial charge in [0.1, 0.15) is 24.9 Å². The van der Waals surface area contributed by atoms with Crippen LogP contribution in [0.15, 0.2) is 47.6 Å². The number of hydrogen-bond donors (Lipinski definition) is 2. The molecule has 0 aliphatic heterocycles. The van der Waals surface area contributed by atoms with Crippen LogP contribution in [0.25, 0.3) is 0 Å². The molecule has 214 valence electrons. The van der Waals surface area contributed by atoms with Crippen LogP contribution in [0.1, 0.15) is 67.2 Å². The van der Waals surface area contributed by atoms with Gasteiger partial charge in [-0.2, -0.15) is 0 Å². The van der Waals surface area contributed by atoms with Crippen molar-refractivity contribution in [1.82, 2.24) is 0 Å². The Morgan fingerprint density at radius 2 is 1.92 bits per heavy atom. The SMILES string of the molecule is CCCCC=CC=CC(=O)OC[C@H]1C(C)=CC23C(=O)[C@@H](C=C(COC(C)=O)[C@@H](O)[C@]12O)[C@H]1[C@@H](C[C@H]3C)C1(C)C. The highest BCUT2D eigenvalue weighted by Gasteiger charge is 2.75. The van der Waals surface area contributed by atoms with Crippen LogP contribution in [0.5, 0.6) is 0 Å². The van der Waals surface area contributed by atoms with Crippen molar-refractivity contribution >= 4 is 17.7 Å². The van der Waals surface area contributed by atoms with Crippen molar-refractivity contribution in [2.24, 2.45) is 40.4 Å². The zero-order valence-corrected chi connectivity index (χ0v) is 24.1. The van der Waals surface area contributed by atoms with Gasteiger partial charge < -0.3 is 19.7 Å². The quantitative estimate of drug-likeness (QED) is 0.146. The van der Waals surface area contributed by atoms with Gasteiger partial charge in [-0.15, -0.1) is 0 Å². The lowest BCUT2D eigenvalue weighted by atomic mass is 9.57. The average Bonchev–Trinajstić information content (AvgIpc) is 3.35. The maximum absolute atomic E-state index is 14.5. The molecule has 0 aromatic rings. The standard InChI is InChI=1S/C32H44O7/c1-7-8-9-10-11-12-13-26(34)39-18-25-19(2)16-31-20(3)14-24-27(30(24,5)6)23(29(31)36)15-22(17-38-21(4)33)28(35)32(25,31)37/h10-13,15-16,20,23-25,27-28,35,37H,7-9,14,17-18H2,1-6H3/t20-,23+,24-,25+,27+,28-,31?,32-/m1/s1. The molecule has 0 radical (unpaired) electrons. The minimum Gasteiger partial charge on any atom is -0.462 e. The fourth-order valence-electron chi connectivity index (χ4n) is 7.83. The number of esters is 2. The van der Waals surface area contributed by atoms with Crippen molar-refractivity contribution in [2.75, 3.05) is 13.2 Å². The number of ketones is 1. The molecule has 0 heterocycles. The lowest BCUT2D eigenvalue weighted by Crippen LogP contribution is -2.64. The number of rotatable bonds is 9. The monoisotopic (exact) mass is 540 g/mol. The highest BCUT2D eigenvalue weighted by Crippen LogP contribution is 2.72. The van der Waals surface area contributed by atoms with E-state index in [9.17, 15) is 24.6 Å². The first-order valence-corrected chi connectivity index (χ1v) is 14.3. The number of fused-ring (bicyclic) bond motifs is 3. The van der Waals surface area contributed by atoms with Crippen LogP contribution in [0.3, 0.4) is 0 Å². The molecule has 7 nitrogen and oxygen atoms in total. The molecular formula is C32H44O7. The number of allylic oxidation sites excluding steroid dienone is 4. The van der Waals surface area contributed by atoms with Crippen LogP contribution < -0.4 is 0 Å². The predicted octanol–water partition coefficient (Wildman–Crippen LogP) is 4.49. The highest BCUT2D eigenvalue weighted by atomic mass is 16.5. The van der Waals surface area contributed by atoms with Crippen molar-refractivity contribution in [3.63, 3.8) is 0 Å². The van der Waals surface area contributed by atoms with Crippen molar-refractivity contribution in [3.8, 4) is 0 Å². The Morgan fingerprint density at radius 1 is 1.21 bits per heavy atom. The van der Waals surface area contributed by atoms with Crippen molar-refractivity contribution in [2.45, 2.75) is 78.9 Å². The lowest BCUT2D eigenvalue weighted by molar-refractivity contribution is -0.184. The number of aliphatic hydroxyl groups excluding tert-OH is 1. The Morgan fingerprint density at radius 3 is 2.59 bits per heavy atom. The van der Waals surface area contributed by atoms with Gasteiger partial charge in [0, 0.05) is 24.8 Å². The molecule has 0 aromatic heterocycles. The zero-order valence-electron chi connectivity index (χ0n) is 24.1. The summed E-state index contributed by atoms with van der Waals surface area (Å²) < 4.78 is 10.8. The first-order chi connectivity index (χ1) is 18.3. The number of aliphatic hydroxyl groups is 2. The first-order valence-electron chi connectivity index (χ1n) is 14.3. The fraction of sp³-hybridized carbons (Fsp3) is 0.656. The minimum absolute atomic E-state index is 0.0454. The third-order valence-corrected chi connectivity index (χ3v) is 10.0. The van der Waals surface area contributed by atoms with E-state index < -0.39 is 40.9 Å². The maximum atomic E-state index is 14.5. The van der Waals surface area contributed by atoms with E-state index in [-0.39, 0.29) is 36.2 Å². The van der Waals surface area contributed by atoms with Gasteiger partial charge in [-0.25, -0.2) is 4.79 Å². The maximum Gasteiger partial charge on any atom is 0.330 e. The van der Waals surface area contributed by atoms with Crippen LogP contribution in [-0.2, 0) is 23.9 Å². The number of carbonyl (C=O) groups excluding carboxylic acids is 3. The molecule has 2 bridgehead atoms. The predicted molar refractivity (Wildman–Crippen MR) is 147 cm³/mol. The molecule has 0 amide bonds. The van der Waals surface area contributed by atoms with E-state index >= 15 is 0 Å². The Hall–Kier alpha value is -2.51. The summed E-state index contributed by atoms with van der Waals surface area (Å²) in [6, 6.07) is 0. The number of ether oxygens (including phenoxy) is 2. The number of carbonyl (C=O) groups is 3. The van der Waals surface area contributed by atoms with Crippen molar-refractivity contribution in [1.29, 1.82) is 0 Å². The van der Waals surface area contributed by atoms with Crippen molar-refractivity contribution in [3.05, 3.63) is 47.6 Å². The van der Waals surface area contributed by atoms with Gasteiger partial charge in [-0.05, 0) is 48.5 Å². The highest BCUT2D eigenvalue weighted by molar-refractivity contribution is 5.95. The molecule has 1 spiro atoms. The third-order valence-electron chi connectivity index (χ3n) is 10.0. The van der Waals surface area contributed by atoms with Crippen LogP contribution in [0.2, 0.25) is 0 Å². The molecule has 4 rings (SSSR count). The van der Waals surface area contributed by atoms with Gasteiger partial charge in [0.15, 0.2) is 5.78 Å². The van der Waals surface area contributed by atoms with Crippen LogP contribution >= 0.6 is 0 Å². The summed E-state index contributed by atoms with van der Waals surface area (Å²) in [5.74, 6) is -2.39. The number of unbranched alkanes of at least 4 members (excludes halogenated alkanes) is 2. The molecule has 1 unspecified atom stereocenters. The first kappa shape index (κ1) is 29.5. The van der Waals surface area contributed by atoms with Crippen LogP contribution in [0.4, 0.5) is 0 Å². The molecule has 39 heavy (non-hydrogen) atoms. The van der Waals surface area contributed by atoms with E-state index in [1.165, 1.54) is 13.0 Å². The Bertz CT molecular complexity index is 1130. The van der Waals surface area contributed by atoms with E-state index in [2.05, 4.69) is 20.8 Å². The summed E-state index contributed by atoms with van der Waals surface area (Å²) in [5, 5.41) is 24.4. The molecular weight excluding hydrogens is 496 g/mol. The van der Waals surface area contributed by atoms with Gasteiger partial charge in [0.05, 0.1) is 5.41 Å². The second-order valence-electron chi connectivity index (χ2n) is 12.6. The van der Waals surface area contributed by atoms with Gasteiger partial charge >= 0.3 is 11.9 Å². The van der Waals surface area contributed by atoms with Gasteiger partial charge in [-0.3, -0.25) is 9.59 Å². The molecule has 0 saturated heterocycles. The van der Waals surface area contributed by atoms with Gasteiger partial charge in [0.25, 0.3) is 0 Å². The molecule has 2 fully saturated rings. The molecule has 2 N–H and O–H groups in total. The Labute approximate surface area is 232 Å². The fourth-order valence-corrected chi connectivity index (χ4v) is 7.83. The summed E-state index contributed by atoms with van der Waals surface area (Å²) in [6.45, 7) is 11.1. The summed E-state index contributed by atoms with van der Waals surface area (Å²) in [5.41, 5.74) is -2.33. The lowest BCUT2D eigenvalue weighted by Gasteiger charge is -2.49. The molecule has 7 heteroatoms. The molecule has 4 aliphatic rings. The number of Topliss-reactive ketones (excluding diaryl/α,β-unsaturated/α-hetero) is 1. The van der Waals surface area contributed by atoms with Crippen LogP contribution in [-0.4, -0.2) is 52.9 Å². The minimum atomic E-state index is -1.96. The Balaban J connectivity index is 1.67. The topological polar surface area (TPSA) is 110 Å². The smallest absolute Gasteiger partial charge is 0.330 e. The molecule has 4 aliphatic carbocycles. The van der Waals surface area contributed by atoms with Crippen molar-refractivity contribution < 1.29 is 34.1 Å². The molecule has 8 atom stereocenters. The summed E-state index contributed by atoms with van der Waals surface area (Å²) >= 11 is 0. The Kier molecular flexibility index (Phi) is 8.17. The summed E-state index contributed by atoms with van der Waals surface area (Å²) in [6.07, 6.45) is 12.7. The van der Waals surface area contributed by atoms with E-state index in [1.54, 1.807) is 18.2 Å². The van der Waals surface area contributed by atoms with E-state index in [0.717, 1.165) is 25.7 Å². The average molecular weight is 541 g/mol. The largest absolute Gasteiger partial charge is 0.462 e. The summed E-state index contributed by atoms with van der Waals surface area (Å²) in [7, 11) is 0. The second-order valence-corrected chi connectivity index (χ2v) is 12.6. The van der Waals surface area contributed by atoms with E-state index in [1.807, 2.05) is 26.0 Å². The summed E-state index contributed by atoms with van der Waals surface area (Å²) in [4.78, 5) is 38.7. The van der Waals surface area contributed by atoms with Gasteiger partial charge in [0.2, 0.25) is 0 Å². The van der Waals surface area contributed by atoms with Crippen LogP contribution in [0, 0.1) is 40.4 Å². The second kappa shape index (κ2) is 10.8. The normalized spacial score (nSPS) is 38.4. The van der Waals surface area contributed by atoms with Gasteiger partial charge in [-0.1, -0.05) is 76.5 Å². The zero-order chi connectivity index (χ0) is 28.8. The van der Waals surface area contributed by atoms with E-state index in [0.29, 0.717) is 17.1 Å². The van der Waals surface area contributed by atoms with E-state index in [4.69, 9.17) is 9.47 Å². The third kappa shape index (κ3) is 4.76. The number of hydrogen-bond acceptors (Lipinski definition) is 7. The molecule has 2 saturated carbocycles. The molecule has 0 aromatic carbocycles.